The summed E-state index contributed by atoms with van der Waals surface area (Å²) in [5.41, 5.74) is 1.59. The van der Waals surface area contributed by atoms with Crippen molar-refractivity contribution in [1.82, 2.24) is 10.2 Å². The van der Waals surface area contributed by atoms with Crippen molar-refractivity contribution in [2.75, 3.05) is 19.6 Å². The second-order valence-electron chi connectivity index (χ2n) is 6.36. The van der Waals surface area contributed by atoms with Crippen LogP contribution in [0.25, 0.3) is 0 Å². The van der Waals surface area contributed by atoms with Gasteiger partial charge >= 0.3 is 5.97 Å². The molecule has 1 heterocycles. The average Bonchev–Trinajstić information content (AvgIpc) is 3.33. The van der Waals surface area contributed by atoms with E-state index in [-0.39, 0.29) is 0 Å². The summed E-state index contributed by atoms with van der Waals surface area (Å²) in [7, 11) is 0. The first-order valence-electron chi connectivity index (χ1n) is 7.99. The molecule has 0 atom stereocenters. The molecule has 1 aliphatic heterocycles. The van der Waals surface area contributed by atoms with Crippen LogP contribution in [-0.2, 0) is 6.54 Å². The molecule has 21 heavy (non-hydrogen) atoms. The number of carboxylic acids is 1. The first-order chi connectivity index (χ1) is 10.2. The van der Waals surface area contributed by atoms with E-state index < -0.39 is 5.97 Å². The Morgan fingerprint density at radius 1 is 1.14 bits per heavy atom. The van der Waals surface area contributed by atoms with Gasteiger partial charge in [-0.3, -0.25) is 4.90 Å². The zero-order chi connectivity index (χ0) is 14.7. The highest BCUT2D eigenvalue weighted by atomic mass is 16.4. The van der Waals surface area contributed by atoms with Gasteiger partial charge in [0.2, 0.25) is 0 Å². The second-order valence-corrected chi connectivity index (χ2v) is 6.36. The van der Waals surface area contributed by atoms with E-state index >= 15 is 0 Å². The number of nitrogens with one attached hydrogen (secondary N) is 1. The number of aromatic carboxylic acids is 1. The van der Waals surface area contributed by atoms with Crippen molar-refractivity contribution in [3.8, 4) is 0 Å². The topological polar surface area (TPSA) is 52.6 Å². The minimum Gasteiger partial charge on any atom is -0.478 e. The molecule has 0 spiro atoms. The first kappa shape index (κ1) is 14.5. The highest BCUT2D eigenvalue weighted by molar-refractivity contribution is 5.87. The van der Waals surface area contributed by atoms with Gasteiger partial charge in [-0.25, -0.2) is 4.79 Å². The SMILES string of the molecule is O=C(O)c1ccc(CN(CC2CCNCC2)C2CC2)cc1. The van der Waals surface area contributed by atoms with Crippen LogP contribution in [-0.4, -0.2) is 41.7 Å². The molecule has 1 aliphatic carbocycles. The maximum absolute atomic E-state index is 10.9. The Bertz CT molecular complexity index is 476. The zero-order valence-corrected chi connectivity index (χ0v) is 12.4. The Morgan fingerprint density at radius 2 is 1.81 bits per heavy atom. The van der Waals surface area contributed by atoms with Crippen LogP contribution < -0.4 is 5.32 Å². The van der Waals surface area contributed by atoms with Crippen molar-refractivity contribution in [3.63, 3.8) is 0 Å². The molecule has 0 radical (unpaired) electrons. The Labute approximate surface area is 126 Å². The minimum absolute atomic E-state index is 0.370. The van der Waals surface area contributed by atoms with Crippen molar-refractivity contribution in [1.29, 1.82) is 0 Å². The number of carboxylic acid groups (broad SMARTS) is 1. The normalized spacial score (nSPS) is 19.9. The molecule has 1 saturated heterocycles. The number of benzene rings is 1. The summed E-state index contributed by atoms with van der Waals surface area (Å²) in [6, 6.07) is 8.10. The van der Waals surface area contributed by atoms with Gasteiger partial charge < -0.3 is 10.4 Å². The van der Waals surface area contributed by atoms with E-state index in [1.54, 1.807) is 12.1 Å². The number of nitrogens with zero attached hydrogens (tertiary/aromatic N) is 1. The molecule has 4 nitrogen and oxygen atoms in total. The van der Waals surface area contributed by atoms with Crippen LogP contribution in [0, 0.1) is 5.92 Å². The molecule has 2 aliphatic rings. The quantitative estimate of drug-likeness (QED) is 0.843. The lowest BCUT2D eigenvalue weighted by Crippen LogP contribution is -2.37. The molecular formula is C17H24N2O2. The van der Waals surface area contributed by atoms with Crippen molar-refractivity contribution in [3.05, 3.63) is 35.4 Å². The maximum Gasteiger partial charge on any atom is 0.335 e. The fourth-order valence-electron chi connectivity index (χ4n) is 3.17. The highest BCUT2D eigenvalue weighted by Crippen LogP contribution is 2.30. The van der Waals surface area contributed by atoms with Gasteiger partial charge in [0.15, 0.2) is 0 Å². The molecule has 2 N–H and O–H groups in total. The molecule has 0 amide bonds. The van der Waals surface area contributed by atoms with E-state index in [0.717, 1.165) is 31.6 Å². The number of hydrogen-bond donors (Lipinski definition) is 2. The van der Waals surface area contributed by atoms with Crippen molar-refractivity contribution < 1.29 is 9.90 Å². The van der Waals surface area contributed by atoms with Crippen LogP contribution in [0.5, 0.6) is 0 Å². The molecule has 2 fully saturated rings. The lowest BCUT2D eigenvalue weighted by molar-refractivity contribution is 0.0697. The van der Waals surface area contributed by atoms with Crippen LogP contribution in [0.4, 0.5) is 0 Å². The van der Waals surface area contributed by atoms with Crippen molar-refractivity contribution >= 4 is 5.97 Å². The first-order valence-corrected chi connectivity index (χ1v) is 7.99. The summed E-state index contributed by atoms with van der Waals surface area (Å²) in [6.07, 6.45) is 5.19. The molecule has 4 heteroatoms. The van der Waals surface area contributed by atoms with Gasteiger partial charge in [-0.05, 0) is 62.4 Å². The monoisotopic (exact) mass is 288 g/mol. The lowest BCUT2D eigenvalue weighted by Gasteiger charge is -2.30. The Morgan fingerprint density at radius 3 is 2.38 bits per heavy atom. The van der Waals surface area contributed by atoms with Crippen molar-refractivity contribution in [2.45, 2.75) is 38.3 Å². The maximum atomic E-state index is 10.9. The smallest absolute Gasteiger partial charge is 0.335 e. The standard InChI is InChI=1S/C17H24N2O2/c20-17(21)15-3-1-13(2-4-15)11-19(16-5-6-16)12-14-7-9-18-10-8-14/h1-4,14,16,18H,5-12H2,(H,20,21). The van der Waals surface area contributed by atoms with E-state index in [9.17, 15) is 4.79 Å². The minimum atomic E-state index is -0.852. The Hall–Kier alpha value is -1.39. The fraction of sp³-hybridized carbons (Fsp3) is 0.588. The van der Waals surface area contributed by atoms with Crippen LogP contribution in [0.15, 0.2) is 24.3 Å². The number of rotatable bonds is 6. The molecule has 3 rings (SSSR count). The molecule has 1 aromatic rings. The van der Waals surface area contributed by atoms with Crippen LogP contribution >= 0.6 is 0 Å². The molecule has 1 saturated carbocycles. The summed E-state index contributed by atoms with van der Waals surface area (Å²) in [6.45, 7) is 4.44. The van der Waals surface area contributed by atoms with Gasteiger partial charge in [-0.1, -0.05) is 12.1 Å². The number of carbonyl (C=O) groups is 1. The van der Waals surface area contributed by atoms with Crippen LogP contribution in [0.1, 0.15) is 41.6 Å². The Kier molecular flexibility index (Phi) is 4.56. The van der Waals surface area contributed by atoms with E-state index in [1.165, 1.54) is 37.8 Å². The summed E-state index contributed by atoms with van der Waals surface area (Å²) in [5, 5.41) is 12.4. The third kappa shape index (κ3) is 4.05. The third-order valence-electron chi connectivity index (χ3n) is 4.60. The average molecular weight is 288 g/mol. The zero-order valence-electron chi connectivity index (χ0n) is 12.4. The van der Waals surface area contributed by atoms with Gasteiger partial charge in [-0.15, -0.1) is 0 Å². The van der Waals surface area contributed by atoms with E-state index in [0.29, 0.717) is 5.56 Å². The third-order valence-corrected chi connectivity index (χ3v) is 4.60. The second kappa shape index (κ2) is 6.58. The largest absolute Gasteiger partial charge is 0.478 e. The van der Waals surface area contributed by atoms with Gasteiger partial charge in [0.25, 0.3) is 0 Å². The number of piperidine rings is 1. The molecule has 1 aromatic carbocycles. The summed E-state index contributed by atoms with van der Waals surface area (Å²) in [5.74, 6) is -0.0413. The lowest BCUT2D eigenvalue weighted by atomic mass is 9.97. The summed E-state index contributed by atoms with van der Waals surface area (Å²) >= 11 is 0. The van der Waals surface area contributed by atoms with Crippen molar-refractivity contribution in [2.24, 2.45) is 5.92 Å². The van der Waals surface area contributed by atoms with Gasteiger partial charge in [-0.2, -0.15) is 0 Å². The van der Waals surface area contributed by atoms with Crippen LogP contribution in [0.2, 0.25) is 0 Å². The molecule has 0 unspecified atom stereocenters. The molecule has 114 valence electrons. The van der Waals surface area contributed by atoms with E-state index in [1.807, 2.05) is 12.1 Å². The summed E-state index contributed by atoms with van der Waals surface area (Å²) in [4.78, 5) is 13.5. The van der Waals surface area contributed by atoms with Gasteiger partial charge in [0.1, 0.15) is 0 Å². The Balaban J connectivity index is 1.60. The van der Waals surface area contributed by atoms with Gasteiger partial charge in [0.05, 0.1) is 5.56 Å². The molecule has 0 bridgehead atoms. The van der Waals surface area contributed by atoms with E-state index in [4.69, 9.17) is 5.11 Å². The number of hydrogen-bond acceptors (Lipinski definition) is 3. The van der Waals surface area contributed by atoms with E-state index in [2.05, 4.69) is 10.2 Å². The van der Waals surface area contributed by atoms with Gasteiger partial charge in [0, 0.05) is 19.1 Å². The predicted molar refractivity (Wildman–Crippen MR) is 82.4 cm³/mol. The summed E-state index contributed by atoms with van der Waals surface area (Å²) < 4.78 is 0. The molecule has 0 aromatic heterocycles. The highest BCUT2D eigenvalue weighted by Gasteiger charge is 2.30. The van der Waals surface area contributed by atoms with Crippen LogP contribution in [0.3, 0.4) is 0 Å². The molecular weight excluding hydrogens is 264 g/mol. The fourth-order valence-corrected chi connectivity index (χ4v) is 3.17. The predicted octanol–water partition coefficient (Wildman–Crippen LogP) is 2.35.